The zero-order chi connectivity index (χ0) is 13.3. The molecule has 0 amide bonds. The van der Waals surface area contributed by atoms with Crippen molar-refractivity contribution in [3.05, 3.63) is 29.3 Å². The Morgan fingerprint density at radius 1 is 1.44 bits per heavy atom. The average Bonchev–Trinajstić information content (AvgIpc) is 2.33. The second-order valence-corrected chi connectivity index (χ2v) is 5.29. The van der Waals surface area contributed by atoms with Crippen LogP contribution in [0.1, 0.15) is 42.6 Å². The Hall–Kier alpha value is -1.64. The summed E-state index contributed by atoms with van der Waals surface area (Å²) in [4.78, 5) is 23.8. The lowest BCUT2D eigenvalue weighted by atomic mass is 9.69. The van der Waals surface area contributed by atoms with Crippen molar-refractivity contribution >= 4 is 11.6 Å². The third-order valence-electron chi connectivity index (χ3n) is 3.69. The number of Topliss-reactive ketones (excluding diaryl/α,β-unsaturated/α-hetero) is 2. The highest BCUT2D eigenvalue weighted by Crippen LogP contribution is 2.39. The topological polar surface area (TPSA) is 43.4 Å². The molecule has 0 aliphatic heterocycles. The molecule has 0 N–H and O–H groups in total. The van der Waals surface area contributed by atoms with Crippen molar-refractivity contribution in [1.29, 1.82) is 0 Å². The van der Waals surface area contributed by atoms with E-state index in [0.29, 0.717) is 6.42 Å². The van der Waals surface area contributed by atoms with Crippen LogP contribution in [0.2, 0.25) is 0 Å². The molecule has 1 atom stereocenters. The molecule has 0 saturated heterocycles. The van der Waals surface area contributed by atoms with Crippen molar-refractivity contribution in [2.45, 2.75) is 33.1 Å². The molecule has 3 heteroatoms. The van der Waals surface area contributed by atoms with Gasteiger partial charge in [-0.1, -0.05) is 6.92 Å². The predicted octanol–water partition coefficient (Wildman–Crippen LogP) is 2.81. The van der Waals surface area contributed by atoms with Crippen LogP contribution < -0.4 is 4.74 Å². The first kappa shape index (κ1) is 12.8. The van der Waals surface area contributed by atoms with Crippen LogP contribution in [-0.2, 0) is 11.2 Å². The van der Waals surface area contributed by atoms with E-state index in [-0.39, 0.29) is 11.6 Å². The van der Waals surface area contributed by atoms with E-state index in [4.69, 9.17) is 4.74 Å². The van der Waals surface area contributed by atoms with Gasteiger partial charge in [-0.25, -0.2) is 0 Å². The number of ketones is 2. The molecule has 0 aromatic heterocycles. The Morgan fingerprint density at radius 3 is 2.78 bits per heavy atom. The molecule has 3 nitrogen and oxygen atoms in total. The molecule has 0 bridgehead atoms. The first-order valence-corrected chi connectivity index (χ1v) is 6.17. The van der Waals surface area contributed by atoms with Crippen molar-refractivity contribution in [2.24, 2.45) is 5.41 Å². The zero-order valence-electron chi connectivity index (χ0n) is 11.1. The van der Waals surface area contributed by atoms with Gasteiger partial charge in [-0.05, 0) is 43.5 Å². The van der Waals surface area contributed by atoms with Gasteiger partial charge < -0.3 is 4.74 Å². The first-order chi connectivity index (χ1) is 8.46. The van der Waals surface area contributed by atoms with Gasteiger partial charge in [0.1, 0.15) is 11.5 Å². The van der Waals surface area contributed by atoms with Crippen LogP contribution in [0.25, 0.3) is 0 Å². The Kier molecular flexibility index (Phi) is 3.24. The molecule has 0 unspecified atom stereocenters. The Labute approximate surface area is 107 Å². The number of benzene rings is 1. The van der Waals surface area contributed by atoms with E-state index >= 15 is 0 Å². The molecule has 1 aromatic rings. The minimum atomic E-state index is -0.534. The molecular weight excluding hydrogens is 228 g/mol. The van der Waals surface area contributed by atoms with E-state index in [1.165, 1.54) is 0 Å². The predicted molar refractivity (Wildman–Crippen MR) is 69.1 cm³/mol. The summed E-state index contributed by atoms with van der Waals surface area (Å²) in [5.74, 6) is 0.932. The molecule has 0 saturated carbocycles. The quantitative estimate of drug-likeness (QED) is 0.823. The number of rotatable bonds is 3. The summed E-state index contributed by atoms with van der Waals surface area (Å²) in [7, 11) is 1.62. The van der Waals surface area contributed by atoms with Crippen molar-refractivity contribution in [2.75, 3.05) is 7.11 Å². The average molecular weight is 246 g/mol. The molecule has 0 heterocycles. The van der Waals surface area contributed by atoms with Gasteiger partial charge in [-0.2, -0.15) is 0 Å². The van der Waals surface area contributed by atoms with Gasteiger partial charge >= 0.3 is 0 Å². The van der Waals surface area contributed by atoms with Gasteiger partial charge in [0.05, 0.1) is 7.11 Å². The minimum Gasteiger partial charge on any atom is -0.497 e. The molecule has 1 aromatic carbocycles. The van der Waals surface area contributed by atoms with Crippen LogP contribution >= 0.6 is 0 Å². The number of carbonyl (C=O) groups is 2. The summed E-state index contributed by atoms with van der Waals surface area (Å²) in [6, 6.07) is 5.53. The number of hydrogen-bond acceptors (Lipinski definition) is 3. The van der Waals surface area contributed by atoms with E-state index in [1.54, 1.807) is 20.1 Å². The maximum Gasteiger partial charge on any atom is 0.169 e. The highest BCUT2D eigenvalue weighted by atomic mass is 16.5. The maximum atomic E-state index is 12.5. The van der Waals surface area contributed by atoms with Crippen LogP contribution in [0.5, 0.6) is 5.75 Å². The van der Waals surface area contributed by atoms with E-state index in [1.807, 2.05) is 19.1 Å². The van der Waals surface area contributed by atoms with Crippen LogP contribution in [0.15, 0.2) is 18.2 Å². The largest absolute Gasteiger partial charge is 0.497 e. The summed E-state index contributed by atoms with van der Waals surface area (Å²) in [5.41, 5.74) is 1.24. The number of hydrogen-bond donors (Lipinski definition) is 0. The molecule has 96 valence electrons. The van der Waals surface area contributed by atoms with E-state index in [2.05, 4.69) is 0 Å². The van der Waals surface area contributed by atoms with Crippen molar-refractivity contribution < 1.29 is 14.3 Å². The summed E-state index contributed by atoms with van der Waals surface area (Å²) in [6.07, 6.45) is 1.88. The minimum absolute atomic E-state index is 0.0720. The lowest BCUT2D eigenvalue weighted by Crippen LogP contribution is -2.35. The summed E-state index contributed by atoms with van der Waals surface area (Å²) in [6.45, 7) is 3.44. The van der Waals surface area contributed by atoms with Gasteiger partial charge in [-0.3, -0.25) is 9.59 Å². The fourth-order valence-corrected chi connectivity index (χ4v) is 2.69. The third kappa shape index (κ3) is 2.17. The first-order valence-electron chi connectivity index (χ1n) is 6.17. The summed E-state index contributed by atoms with van der Waals surface area (Å²) in [5, 5.41) is 0. The SMILES string of the molecule is COc1ccc2c(c1)CC[C@@](C)(CC(C)=O)C2=O. The lowest BCUT2D eigenvalue weighted by Gasteiger charge is -2.32. The van der Waals surface area contributed by atoms with Crippen LogP contribution in [0, 0.1) is 5.41 Å². The third-order valence-corrected chi connectivity index (χ3v) is 3.69. The zero-order valence-corrected chi connectivity index (χ0v) is 11.1. The second kappa shape index (κ2) is 4.56. The molecule has 2 rings (SSSR count). The van der Waals surface area contributed by atoms with Crippen molar-refractivity contribution in [3.8, 4) is 5.75 Å². The molecule has 18 heavy (non-hydrogen) atoms. The highest BCUT2D eigenvalue weighted by Gasteiger charge is 2.39. The van der Waals surface area contributed by atoms with Gasteiger partial charge in [0.2, 0.25) is 0 Å². The lowest BCUT2D eigenvalue weighted by molar-refractivity contribution is -0.118. The van der Waals surface area contributed by atoms with E-state index < -0.39 is 5.41 Å². The number of aryl methyl sites for hydroxylation is 1. The molecule has 0 fully saturated rings. The fourth-order valence-electron chi connectivity index (χ4n) is 2.69. The molecule has 0 radical (unpaired) electrons. The Morgan fingerprint density at radius 2 is 2.17 bits per heavy atom. The summed E-state index contributed by atoms with van der Waals surface area (Å²) < 4.78 is 5.17. The standard InChI is InChI=1S/C15H18O3/c1-10(16)9-15(2)7-6-11-8-12(18-3)4-5-13(11)14(15)17/h4-5,8H,6-7,9H2,1-3H3/t15-/m0/s1. The van der Waals surface area contributed by atoms with Gasteiger partial charge in [0, 0.05) is 17.4 Å². The van der Waals surface area contributed by atoms with E-state index in [9.17, 15) is 9.59 Å². The number of fused-ring (bicyclic) bond motifs is 1. The second-order valence-electron chi connectivity index (χ2n) is 5.29. The van der Waals surface area contributed by atoms with Crippen molar-refractivity contribution in [3.63, 3.8) is 0 Å². The van der Waals surface area contributed by atoms with E-state index in [0.717, 1.165) is 29.7 Å². The molecule has 0 spiro atoms. The number of ether oxygens (including phenoxy) is 1. The van der Waals surface area contributed by atoms with Crippen molar-refractivity contribution in [1.82, 2.24) is 0 Å². The maximum absolute atomic E-state index is 12.5. The number of carbonyl (C=O) groups excluding carboxylic acids is 2. The fraction of sp³-hybridized carbons (Fsp3) is 0.467. The van der Waals surface area contributed by atoms with Crippen LogP contribution in [-0.4, -0.2) is 18.7 Å². The Balaban J connectivity index is 2.37. The van der Waals surface area contributed by atoms with Gasteiger partial charge in [0.25, 0.3) is 0 Å². The molecular formula is C15H18O3. The molecule has 1 aliphatic carbocycles. The monoisotopic (exact) mass is 246 g/mol. The Bertz CT molecular complexity index is 504. The van der Waals surface area contributed by atoms with Crippen LogP contribution in [0.4, 0.5) is 0 Å². The number of methoxy groups -OCH3 is 1. The van der Waals surface area contributed by atoms with Crippen LogP contribution in [0.3, 0.4) is 0 Å². The highest BCUT2D eigenvalue weighted by molar-refractivity contribution is 6.04. The molecule has 1 aliphatic rings. The normalized spacial score (nSPS) is 22.5. The summed E-state index contributed by atoms with van der Waals surface area (Å²) >= 11 is 0. The van der Waals surface area contributed by atoms with Gasteiger partial charge in [0.15, 0.2) is 5.78 Å². The smallest absolute Gasteiger partial charge is 0.169 e. The van der Waals surface area contributed by atoms with Gasteiger partial charge in [-0.15, -0.1) is 0 Å².